The third-order valence-electron chi connectivity index (χ3n) is 3.56. The van der Waals surface area contributed by atoms with Gasteiger partial charge in [-0.05, 0) is 55.7 Å². The zero-order valence-corrected chi connectivity index (χ0v) is 15.7. The number of benzene rings is 2. The lowest BCUT2D eigenvalue weighted by molar-refractivity contribution is 0.0977. The fourth-order valence-electron chi connectivity index (χ4n) is 2.20. The lowest BCUT2D eigenvalue weighted by atomic mass is 10.1. The van der Waals surface area contributed by atoms with Gasteiger partial charge in [-0.3, -0.25) is 10.1 Å². The predicted octanol–water partition coefficient (Wildman–Crippen LogP) is 4.55. The molecule has 0 aliphatic rings. The molecule has 0 radical (unpaired) electrons. The minimum atomic E-state index is -0.231. The summed E-state index contributed by atoms with van der Waals surface area (Å²) in [6, 6.07) is 14.9. The third-order valence-corrected chi connectivity index (χ3v) is 3.77. The molecule has 1 amide bonds. The summed E-state index contributed by atoms with van der Waals surface area (Å²) in [5.74, 6) is 1.15. The Morgan fingerprint density at radius 3 is 2.64 bits per heavy atom. The minimum Gasteiger partial charge on any atom is -0.494 e. The van der Waals surface area contributed by atoms with E-state index in [9.17, 15) is 4.79 Å². The fraction of sp³-hybridized carbons (Fsp3) is 0.300. The number of anilines is 1. The lowest BCUT2D eigenvalue weighted by Gasteiger charge is -2.12. The van der Waals surface area contributed by atoms with E-state index in [2.05, 4.69) is 24.5 Å². The second kappa shape index (κ2) is 9.18. The quantitative estimate of drug-likeness (QED) is 0.746. The van der Waals surface area contributed by atoms with E-state index in [0.29, 0.717) is 18.1 Å². The molecule has 2 aromatic rings. The summed E-state index contributed by atoms with van der Waals surface area (Å²) >= 11 is 5.23. The van der Waals surface area contributed by atoms with Gasteiger partial charge < -0.3 is 10.1 Å². The molecule has 0 aromatic heterocycles. The molecule has 25 heavy (non-hydrogen) atoms. The summed E-state index contributed by atoms with van der Waals surface area (Å²) in [5, 5.41) is 5.96. The molecule has 0 atom stereocenters. The van der Waals surface area contributed by atoms with Gasteiger partial charge in [0.1, 0.15) is 5.75 Å². The topological polar surface area (TPSA) is 50.4 Å². The minimum absolute atomic E-state index is 0.231. The Balaban J connectivity index is 1.90. The van der Waals surface area contributed by atoms with Gasteiger partial charge in [-0.1, -0.05) is 37.6 Å². The van der Waals surface area contributed by atoms with Crippen LogP contribution in [0.25, 0.3) is 0 Å². The van der Waals surface area contributed by atoms with Gasteiger partial charge in [0.25, 0.3) is 5.91 Å². The maximum atomic E-state index is 12.2. The normalized spacial score (nSPS) is 10.4. The SMILES string of the molecule is Cc1cccc(C(=O)NC(=S)Nc2cccc(OCCC(C)C)c2)c1. The molecule has 0 saturated heterocycles. The van der Waals surface area contributed by atoms with Gasteiger partial charge in [0.15, 0.2) is 5.11 Å². The monoisotopic (exact) mass is 356 g/mol. The van der Waals surface area contributed by atoms with Crippen molar-refractivity contribution < 1.29 is 9.53 Å². The highest BCUT2D eigenvalue weighted by molar-refractivity contribution is 7.80. The Morgan fingerprint density at radius 1 is 1.16 bits per heavy atom. The molecule has 5 heteroatoms. The number of carbonyl (C=O) groups excluding carboxylic acids is 1. The van der Waals surface area contributed by atoms with Crippen molar-refractivity contribution in [3.63, 3.8) is 0 Å². The standard InChI is InChI=1S/C20H24N2O2S/c1-14(2)10-11-24-18-9-5-8-17(13-18)21-20(25)22-19(23)16-7-4-6-15(3)12-16/h4-9,12-14H,10-11H2,1-3H3,(H2,21,22,23,25). The van der Waals surface area contributed by atoms with Gasteiger partial charge >= 0.3 is 0 Å². The molecule has 0 fully saturated rings. The van der Waals surface area contributed by atoms with Crippen molar-refractivity contribution >= 4 is 28.9 Å². The van der Waals surface area contributed by atoms with Crippen molar-refractivity contribution in [3.8, 4) is 5.75 Å². The van der Waals surface area contributed by atoms with E-state index in [4.69, 9.17) is 17.0 Å². The maximum Gasteiger partial charge on any atom is 0.257 e. The molecular formula is C20H24N2O2S. The summed E-state index contributed by atoms with van der Waals surface area (Å²) < 4.78 is 5.73. The summed E-state index contributed by atoms with van der Waals surface area (Å²) in [7, 11) is 0. The summed E-state index contributed by atoms with van der Waals surface area (Å²) in [6.45, 7) is 6.95. The van der Waals surface area contributed by atoms with Crippen molar-refractivity contribution in [1.82, 2.24) is 5.32 Å². The number of hydrogen-bond donors (Lipinski definition) is 2. The maximum absolute atomic E-state index is 12.2. The first kappa shape index (κ1) is 18.9. The van der Waals surface area contributed by atoms with Crippen LogP contribution in [0.15, 0.2) is 48.5 Å². The van der Waals surface area contributed by atoms with Crippen molar-refractivity contribution in [3.05, 3.63) is 59.7 Å². The Labute approximate surface area is 154 Å². The third kappa shape index (κ3) is 6.55. The van der Waals surface area contributed by atoms with Crippen molar-refractivity contribution in [2.24, 2.45) is 5.92 Å². The Morgan fingerprint density at radius 2 is 1.92 bits per heavy atom. The first-order valence-corrected chi connectivity index (χ1v) is 8.76. The molecule has 0 bridgehead atoms. The van der Waals surface area contributed by atoms with E-state index in [-0.39, 0.29) is 11.0 Å². The van der Waals surface area contributed by atoms with Gasteiger partial charge in [-0.2, -0.15) is 0 Å². The van der Waals surface area contributed by atoms with Gasteiger partial charge in [0, 0.05) is 17.3 Å². The van der Waals surface area contributed by atoms with Crippen molar-refractivity contribution in [1.29, 1.82) is 0 Å². The molecule has 0 spiro atoms. The Hall–Kier alpha value is -2.40. The number of hydrogen-bond acceptors (Lipinski definition) is 3. The van der Waals surface area contributed by atoms with Crippen LogP contribution in [0.5, 0.6) is 5.75 Å². The second-order valence-corrected chi connectivity index (χ2v) is 6.74. The largest absolute Gasteiger partial charge is 0.494 e. The second-order valence-electron chi connectivity index (χ2n) is 6.34. The zero-order valence-electron chi connectivity index (χ0n) is 14.8. The molecule has 2 aromatic carbocycles. The average Bonchev–Trinajstić information content (AvgIpc) is 2.54. The fourth-order valence-corrected chi connectivity index (χ4v) is 2.41. The molecule has 132 valence electrons. The van der Waals surface area contributed by atoms with Gasteiger partial charge in [0.2, 0.25) is 0 Å². The molecule has 2 N–H and O–H groups in total. The molecular weight excluding hydrogens is 332 g/mol. The van der Waals surface area contributed by atoms with Gasteiger partial charge in [0.05, 0.1) is 6.61 Å². The molecule has 0 heterocycles. The summed E-state index contributed by atoms with van der Waals surface area (Å²) in [6.07, 6.45) is 1.00. The van der Waals surface area contributed by atoms with E-state index in [1.165, 1.54) is 0 Å². The van der Waals surface area contributed by atoms with Crippen LogP contribution in [0.4, 0.5) is 5.69 Å². The predicted molar refractivity (Wildman–Crippen MR) is 106 cm³/mol. The smallest absolute Gasteiger partial charge is 0.257 e. The van der Waals surface area contributed by atoms with Crippen LogP contribution in [0.3, 0.4) is 0 Å². The first-order chi connectivity index (χ1) is 11.9. The summed E-state index contributed by atoms with van der Waals surface area (Å²) in [4.78, 5) is 12.2. The number of amides is 1. The molecule has 4 nitrogen and oxygen atoms in total. The van der Waals surface area contributed by atoms with Crippen LogP contribution in [0.2, 0.25) is 0 Å². The highest BCUT2D eigenvalue weighted by atomic mass is 32.1. The van der Waals surface area contributed by atoms with E-state index in [0.717, 1.165) is 23.4 Å². The lowest BCUT2D eigenvalue weighted by Crippen LogP contribution is -2.34. The van der Waals surface area contributed by atoms with Crippen LogP contribution in [-0.4, -0.2) is 17.6 Å². The number of thiocarbonyl (C=S) groups is 1. The van der Waals surface area contributed by atoms with E-state index in [1.54, 1.807) is 6.07 Å². The number of rotatable bonds is 6. The van der Waals surface area contributed by atoms with Crippen LogP contribution in [0, 0.1) is 12.8 Å². The van der Waals surface area contributed by atoms with Crippen LogP contribution in [0.1, 0.15) is 36.2 Å². The average molecular weight is 356 g/mol. The van der Waals surface area contributed by atoms with Crippen LogP contribution < -0.4 is 15.4 Å². The molecule has 0 saturated carbocycles. The summed E-state index contributed by atoms with van der Waals surface area (Å²) in [5.41, 5.74) is 2.38. The Bertz CT molecular complexity index is 744. The zero-order chi connectivity index (χ0) is 18.2. The number of carbonyl (C=O) groups is 1. The van der Waals surface area contributed by atoms with Gasteiger partial charge in [-0.15, -0.1) is 0 Å². The first-order valence-electron chi connectivity index (χ1n) is 8.36. The van der Waals surface area contributed by atoms with Crippen molar-refractivity contribution in [2.75, 3.05) is 11.9 Å². The van der Waals surface area contributed by atoms with Crippen LogP contribution >= 0.6 is 12.2 Å². The molecule has 0 aliphatic heterocycles. The highest BCUT2D eigenvalue weighted by Crippen LogP contribution is 2.18. The van der Waals surface area contributed by atoms with E-state index >= 15 is 0 Å². The number of aryl methyl sites for hydroxylation is 1. The Kier molecular flexibility index (Phi) is 6.95. The van der Waals surface area contributed by atoms with Gasteiger partial charge in [-0.25, -0.2) is 0 Å². The van der Waals surface area contributed by atoms with E-state index in [1.807, 2.05) is 49.4 Å². The molecule has 0 aliphatic carbocycles. The number of nitrogens with one attached hydrogen (secondary N) is 2. The highest BCUT2D eigenvalue weighted by Gasteiger charge is 2.08. The van der Waals surface area contributed by atoms with Crippen LogP contribution in [-0.2, 0) is 0 Å². The van der Waals surface area contributed by atoms with E-state index < -0.39 is 0 Å². The molecule has 0 unspecified atom stereocenters. The number of ether oxygens (including phenoxy) is 1. The van der Waals surface area contributed by atoms with Crippen molar-refractivity contribution in [2.45, 2.75) is 27.2 Å². The molecule has 2 rings (SSSR count).